The van der Waals surface area contributed by atoms with Crippen LogP contribution in [0.25, 0.3) is 0 Å². The van der Waals surface area contributed by atoms with Crippen LogP contribution in [0.2, 0.25) is 5.02 Å². The lowest BCUT2D eigenvalue weighted by Gasteiger charge is -2.18. The van der Waals surface area contributed by atoms with E-state index in [2.05, 4.69) is 32.1 Å². The average Bonchev–Trinajstić information content (AvgIpc) is 2.61. The van der Waals surface area contributed by atoms with Gasteiger partial charge in [-0.2, -0.15) is 0 Å². The molecule has 0 unspecified atom stereocenters. The van der Waals surface area contributed by atoms with Crippen LogP contribution >= 0.6 is 39.7 Å². The van der Waals surface area contributed by atoms with Crippen molar-refractivity contribution in [3.8, 4) is 5.75 Å². The Bertz CT molecular complexity index is 903. The third-order valence-electron chi connectivity index (χ3n) is 4.16. The second-order valence-electron chi connectivity index (χ2n) is 6.97. The van der Waals surface area contributed by atoms with Crippen molar-refractivity contribution in [1.29, 1.82) is 0 Å². The maximum absolute atomic E-state index is 12.6. The molecule has 150 valence electrons. The maximum Gasteiger partial charge on any atom is 0.273 e. The van der Waals surface area contributed by atoms with E-state index in [-0.39, 0.29) is 28.3 Å². The molecule has 0 aliphatic rings. The number of hydrogen-bond donors (Lipinski definition) is 4. The summed E-state index contributed by atoms with van der Waals surface area (Å²) in [4.78, 5) is 12.6. The van der Waals surface area contributed by atoms with Gasteiger partial charge in [-0.15, -0.1) is 0 Å². The predicted octanol–water partition coefficient (Wildman–Crippen LogP) is 5.69. The molecule has 0 atom stereocenters. The number of carbonyl (C=O) groups excluding carboxylic acids is 1. The Morgan fingerprint density at radius 2 is 1.79 bits per heavy atom. The number of halogens is 2. The number of nitrogens with one attached hydrogen (secondary N) is 3. The molecule has 2 rings (SSSR count). The Morgan fingerprint density at radius 1 is 1.11 bits per heavy atom. The van der Waals surface area contributed by atoms with Crippen LogP contribution in [0.15, 0.2) is 34.8 Å². The summed E-state index contributed by atoms with van der Waals surface area (Å²) in [7, 11) is 0. The van der Waals surface area contributed by atoms with Crippen molar-refractivity contribution in [3.63, 3.8) is 0 Å². The van der Waals surface area contributed by atoms with Gasteiger partial charge in [0.05, 0.1) is 16.3 Å². The average molecular weight is 485 g/mol. The highest BCUT2D eigenvalue weighted by atomic mass is 79.9. The first-order valence-corrected chi connectivity index (χ1v) is 10.4. The monoisotopic (exact) mass is 483 g/mol. The number of rotatable bonds is 4. The fourth-order valence-electron chi connectivity index (χ4n) is 2.55. The molecular formula is C20H23BrClN3O2S. The van der Waals surface area contributed by atoms with E-state index in [0.717, 1.165) is 15.6 Å². The first kappa shape index (κ1) is 22.5. The Morgan fingerprint density at radius 3 is 2.36 bits per heavy atom. The Kier molecular flexibility index (Phi) is 7.69. The molecule has 0 heterocycles. The van der Waals surface area contributed by atoms with Crippen LogP contribution in [0.3, 0.4) is 0 Å². The number of phenolic OH excluding ortho intramolecular Hbond substituents is 1. The van der Waals surface area contributed by atoms with Crippen molar-refractivity contribution in [2.75, 3.05) is 5.32 Å². The number of hydrogen-bond acceptors (Lipinski definition) is 3. The molecule has 0 bridgehead atoms. The number of carbonyl (C=O) groups is 1. The van der Waals surface area contributed by atoms with E-state index in [9.17, 15) is 9.90 Å². The molecule has 1 amide bonds. The van der Waals surface area contributed by atoms with Crippen LogP contribution in [-0.2, 0) is 0 Å². The van der Waals surface area contributed by atoms with Crippen molar-refractivity contribution < 1.29 is 9.90 Å². The van der Waals surface area contributed by atoms with Crippen molar-refractivity contribution in [2.24, 2.45) is 0 Å². The number of amides is 1. The van der Waals surface area contributed by atoms with Crippen LogP contribution in [0.1, 0.15) is 61.0 Å². The number of benzene rings is 2. The number of aromatic hydroxyl groups is 1. The van der Waals surface area contributed by atoms with Gasteiger partial charge in [0.1, 0.15) is 5.75 Å². The molecule has 0 spiro atoms. The van der Waals surface area contributed by atoms with Crippen molar-refractivity contribution in [2.45, 2.75) is 39.5 Å². The van der Waals surface area contributed by atoms with Gasteiger partial charge in [0.25, 0.3) is 5.91 Å². The van der Waals surface area contributed by atoms with Gasteiger partial charge in [-0.25, -0.2) is 0 Å². The summed E-state index contributed by atoms with van der Waals surface area (Å²) < 4.78 is 0.844. The van der Waals surface area contributed by atoms with Gasteiger partial charge in [-0.1, -0.05) is 61.3 Å². The van der Waals surface area contributed by atoms with Crippen LogP contribution < -0.4 is 16.2 Å². The predicted molar refractivity (Wildman–Crippen MR) is 122 cm³/mol. The molecule has 0 aromatic heterocycles. The minimum absolute atomic E-state index is 0.0199. The maximum atomic E-state index is 12.6. The van der Waals surface area contributed by atoms with Gasteiger partial charge < -0.3 is 10.4 Å². The van der Waals surface area contributed by atoms with E-state index in [4.69, 9.17) is 23.8 Å². The zero-order valence-electron chi connectivity index (χ0n) is 16.1. The number of thiocarbonyl (C=S) groups is 1. The molecule has 0 saturated heterocycles. The molecule has 2 aromatic rings. The lowest BCUT2D eigenvalue weighted by Crippen LogP contribution is -2.43. The van der Waals surface area contributed by atoms with E-state index < -0.39 is 5.91 Å². The molecule has 28 heavy (non-hydrogen) atoms. The molecular weight excluding hydrogens is 462 g/mol. The van der Waals surface area contributed by atoms with Crippen molar-refractivity contribution >= 4 is 56.5 Å². The quantitative estimate of drug-likeness (QED) is 0.332. The summed E-state index contributed by atoms with van der Waals surface area (Å²) in [5, 5.41) is 14.1. The van der Waals surface area contributed by atoms with Gasteiger partial charge in [0, 0.05) is 4.47 Å². The Hall–Kier alpha value is -1.83. The molecule has 0 fully saturated rings. The largest absolute Gasteiger partial charge is 0.507 e. The minimum Gasteiger partial charge on any atom is -0.507 e. The van der Waals surface area contributed by atoms with Crippen molar-refractivity contribution in [1.82, 2.24) is 10.9 Å². The summed E-state index contributed by atoms with van der Waals surface area (Å²) in [5.41, 5.74) is 7.67. The molecule has 0 aliphatic carbocycles. The summed E-state index contributed by atoms with van der Waals surface area (Å²) in [6, 6.07) is 8.95. The third-order valence-corrected chi connectivity index (χ3v) is 5.17. The van der Waals surface area contributed by atoms with Gasteiger partial charge >= 0.3 is 0 Å². The Labute approximate surface area is 184 Å². The molecule has 0 radical (unpaired) electrons. The second-order valence-corrected chi connectivity index (χ2v) is 8.70. The molecule has 0 aliphatic heterocycles. The summed E-state index contributed by atoms with van der Waals surface area (Å²) >= 11 is 14.7. The van der Waals surface area contributed by atoms with Crippen LogP contribution in [0.4, 0.5) is 5.69 Å². The van der Waals surface area contributed by atoms with E-state index in [1.807, 2.05) is 39.8 Å². The molecule has 8 heteroatoms. The van der Waals surface area contributed by atoms with E-state index in [1.165, 1.54) is 0 Å². The lowest BCUT2D eigenvalue weighted by atomic mass is 9.92. The smallest absolute Gasteiger partial charge is 0.273 e. The second kappa shape index (κ2) is 9.58. The Balaban J connectivity index is 2.13. The standard InChI is InChI=1S/C20H23BrClN3O2S/c1-10(2)12-7-14(11(3)4)18(26)15(8-12)19(27)24-25-20(28)23-17-6-5-13(21)9-16(17)22/h5-11,26H,1-4H3,(H,24,27)(H2,23,25,28). The fraction of sp³-hybridized carbons (Fsp3) is 0.300. The minimum atomic E-state index is -0.479. The van der Waals surface area contributed by atoms with Gasteiger partial charge in [-0.05, 0) is 59.4 Å². The number of phenols is 1. The van der Waals surface area contributed by atoms with E-state index >= 15 is 0 Å². The molecule has 0 saturated carbocycles. The SMILES string of the molecule is CC(C)c1cc(C(=O)NNC(=S)Nc2ccc(Br)cc2Cl)c(O)c(C(C)C)c1. The summed E-state index contributed by atoms with van der Waals surface area (Å²) in [5.74, 6) is -0.193. The highest BCUT2D eigenvalue weighted by Crippen LogP contribution is 2.33. The lowest BCUT2D eigenvalue weighted by molar-refractivity contribution is 0.0941. The van der Waals surface area contributed by atoms with Crippen LogP contribution in [0, 0.1) is 0 Å². The van der Waals surface area contributed by atoms with Crippen LogP contribution in [-0.4, -0.2) is 16.1 Å². The zero-order valence-corrected chi connectivity index (χ0v) is 19.2. The molecule has 5 nitrogen and oxygen atoms in total. The third kappa shape index (κ3) is 5.59. The number of anilines is 1. The first-order valence-electron chi connectivity index (χ1n) is 8.79. The van der Waals surface area contributed by atoms with Gasteiger partial charge in [-0.3, -0.25) is 15.6 Å². The van der Waals surface area contributed by atoms with E-state index in [1.54, 1.807) is 18.2 Å². The van der Waals surface area contributed by atoms with Gasteiger partial charge in [0.15, 0.2) is 5.11 Å². The number of hydrazine groups is 1. The highest BCUT2D eigenvalue weighted by Gasteiger charge is 2.19. The molecule has 4 N–H and O–H groups in total. The normalized spacial score (nSPS) is 10.9. The highest BCUT2D eigenvalue weighted by molar-refractivity contribution is 9.10. The van der Waals surface area contributed by atoms with Gasteiger partial charge in [0.2, 0.25) is 0 Å². The first-order chi connectivity index (χ1) is 13.1. The van der Waals surface area contributed by atoms with Crippen LogP contribution in [0.5, 0.6) is 5.75 Å². The summed E-state index contributed by atoms with van der Waals surface area (Å²) in [6.45, 7) is 8.02. The molecule has 2 aromatic carbocycles. The van der Waals surface area contributed by atoms with Crippen molar-refractivity contribution in [3.05, 3.63) is 56.5 Å². The zero-order chi connectivity index (χ0) is 21.0. The fourth-order valence-corrected chi connectivity index (χ4v) is 3.43. The topological polar surface area (TPSA) is 73.4 Å². The summed E-state index contributed by atoms with van der Waals surface area (Å²) in [6.07, 6.45) is 0. The van der Waals surface area contributed by atoms with E-state index in [0.29, 0.717) is 10.7 Å².